The van der Waals surface area contributed by atoms with E-state index in [-0.39, 0.29) is 17.3 Å². The maximum absolute atomic E-state index is 11.2. The Labute approximate surface area is 123 Å². The molecule has 0 bridgehead atoms. The van der Waals surface area contributed by atoms with Crippen molar-refractivity contribution in [3.8, 4) is 6.07 Å². The van der Waals surface area contributed by atoms with Gasteiger partial charge < -0.3 is 10.6 Å². The van der Waals surface area contributed by atoms with E-state index in [1.165, 1.54) is 12.3 Å². The van der Waals surface area contributed by atoms with E-state index in [1.54, 1.807) is 0 Å². The zero-order valence-electron chi connectivity index (χ0n) is 12.0. The summed E-state index contributed by atoms with van der Waals surface area (Å²) < 4.78 is 0. The van der Waals surface area contributed by atoms with Gasteiger partial charge in [-0.1, -0.05) is 12.8 Å². The number of anilines is 1. The smallest absolute Gasteiger partial charge is 0.312 e. The number of nitriles is 1. The SMILES string of the molecule is CN(c1ncc(C#N)cc1[N+](=O)[O-])C1CCCCC1CN. The summed E-state index contributed by atoms with van der Waals surface area (Å²) in [6.07, 6.45) is 5.61. The molecule has 0 radical (unpaired) electrons. The molecule has 1 aromatic rings. The highest BCUT2D eigenvalue weighted by Gasteiger charge is 2.31. The van der Waals surface area contributed by atoms with Crippen molar-refractivity contribution in [1.82, 2.24) is 4.98 Å². The van der Waals surface area contributed by atoms with Crippen LogP contribution in [0.4, 0.5) is 11.5 Å². The van der Waals surface area contributed by atoms with E-state index in [4.69, 9.17) is 11.0 Å². The van der Waals surface area contributed by atoms with E-state index >= 15 is 0 Å². The van der Waals surface area contributed by atoms with Gasteiger partial charge in [-0.3, -0.25) is 10.1 Å². The highest BCUT2D eigenvalue weighted by Crippen LogP contribution is 2.33. The Morgan fingerprint density at radius 3 is 2.90 bits per heavy atom. The first-order valence-corrected chi connectivity index (χ1v) is 7.06. The Hall–Kier alpha value is -2.20. The summed E-state index contributed by atoms with van der Waals surface area (Å²) in [5, 5.41) is 20.1. The molecule has 112 valence electrons. The van der Waals surface area contributed by atoms with Gasteiger partial charge in [0.05, 0.1) is 10.5 Å². The second-order valence-corrected chi connectivity index (χ2v) is 5.39. The average molecular weight is 289 g/mol. The fourth-order valence-electron chi connectivity index (χ4n) is 3.04. The van der Waals surface area contributed by atoms with Crippen LogP contribution in [-0.2, 0) is 0 Å². The minimum absolute atomic E-state index is 0.127. The number of hydrogen-bond acceptors (Lipinski definition) is 6. The summed E-state index contributed by atoms with van der Waals surface area (Å²) in [6.45, 7) is 0.569. The van der Waals surface area contributed by atoms with Crippen molar-refractivity contribution in [1.29, 1.82) is 5.26 Å². The van der Waals surface area contributed by atoms with Crippen molar-refractivity contribution in [3.05, 3.63) is 27.9 Å². The molecule has 1 aromatic heterocycles. The van der Waals surface area contributed by atoms with Crippen LogP contribution in [0.15, 0.2) is 12.3 Å². The lowest BCUT2D eigenvalue weighted by Gasteiger charge is -2.37. The summed E-state index contributed by atoms with van der Waals surface area (Å²) in [6, 6.07) is 3.31. The van der Waals surface area contributed by atoms with Gasteiger partial charge in [-0.05, 0) is 25.3 Å². The summed E-state index contributed by atoms with van der Waals surface area (Å²) in [5.41, 5.74) is 5.89. The van der Waals surface area contributed by atoms with Crippen LogP contribution in [-0.4, -0.2) is 29.5 Å². The minimum Gasteiger partial charge on any atom is -0.351 e. The average Bonchev–Trinajstić information content (AvgIpc) is 2.53. The van der Waals surface area contributed by atoms with E-state index in [0.717, 1.165) is 25.7 Å². The highest BCUT2D eigenvalue weighted by molar-refractivity contribution is 5.60. The largest absolute Gasteiger partial charge is 0.351 e. The molecule has 1 aliphatic carbocycles. The predicted octanol–water partition coefficient (Wildman–Crippen LogP) is 1.82. The topological polar surface area (TPSA) is 109 Å². The molecule has 7 nitrogen and oxygen atoms in total. The van der Waals surface area contributed by atoms with Crippen LogP contribution in [0.1, 0.15) is 31.2 Å². The Kier molecular flexibility index (Phi) is 4.70. The van der Waals surface area contributed by atoms with E-state index in [9.17, 15) is 10.1 Å². The zero-order valence-corrected chi connectivity index (χ0v) is 12.0. The van der Waals surface area contributed by atoms with Crippen molar-refractivity contribution in [2.24, 2.45) is 11.7 Å². The number of nitro groups is 1. The van der Waals surface area contributed by atoms with Gasteiger partial charge in [0.2, 0.25) is 5.82 Å². The zero-order chi connectivity index (χ0) is 15.4. The van der Waals surface area contributed by atoms with Crippen LogP contribution in [0.2, 0.25) is 0 Å². The van der Waals surface area contributed by atoms with Crippen LogP contribution in [0, 0.1) is 27.4 Å². The van der Waals surface area contributed by atoms with Crippen LogP contribution in [0.25, 0.3) is 0 Å². The van der Waals surface area contributed by atoms with Gasteiger partial charge in [-0.2, -0.15) is 5.26 Å². The monoisotopic (exact) mass is 289 g/mol. The number of nitrogens with two attached hydrogens (primary N) is 1. The molecule has 0 aliphatic heterocycles. The first-order chi connectivity index (χ1) is 10.1. The third kappa shape index (κ3) is 3.11. The highest BCUT2D eigenvalue weighted by atomic mass is 16.6. The number of aromatic nitrogens is 1. The Bertz CT molecular complexity index is 569. The number of hydrogen-bond donors (Lipinski definition) is 1. The number of rotatable bonds is 4. The van der Waals surface area contributed by atoms with Crippen molar-refractivity contribution in [2.75, 3.05) is 18.5 Å². The molecular weight excluding hydrogens is 270 g/mol. The van der Waals surface area contributed by atoms with Gasteiger partial charge in [0, 0.05) is 25.4 Å². The van der Waals surface area contributed by atoms with Crippen LogP contribution in [0.3, 0.4) is 0 Å². The lowest BCUT2D eigenvalue weighted by molar-refractivity contribution is -0.384. The third-order valence-electron chi connectivity index (χ3n) is 4.18. The Morgan fingerprint density at radius 1 is 1.57 bits per heavy atom. The van der Waals surface area contributed by atoms with E-state index in [2.05, 4.69) is 4.98 Å². The number of pyridine rings is 1. The van der Waals surface area contributed by atoms with Gasteiger partial charge >= 0.3 is 5.69 Å². The standard InChI is InChI=1S/C14H19N5O2/c1-18(12-5-3-2-4-11(12)8-16)14-13(19(20)21)6-10(7-15)9-17-14/h6,9,11-12H,2-5,8,16H2,1H3. The molecule has 0 aromatic carbocycles. The van der Waals surface area contributed by atoms with Gasteiger partial charge in [0.15, 0.2) is 0 Å². The molecule has 0 spiro atoms. The minimum atomic E-state index is -0.486. The quantitative estimate of drug-likeness (QED) is 0.668. The lowest BCUT2D eigenvalue weighted by Crippen LogP contribution is -2.43. The lowest BCUT2D eigenvalue weighted by atomic mass is 9.83. The molecule has 21 heavy (non-hydrogen) atoms. The summed E-state index contributed by atoms with van der Waals surface area (Å²) in [5.74, 6) is 0.630. The fourth-order valence-corrected chi connectivity index (χ4v) is 3.04. The van der Waals surface area contributed by atoms with Crippen LogP contribution < -0.4 is 10.6 Å². The molecule has 0 saturated heterocycles. The molecule has 1 aliphatic rings. The summed E-state index contributed by atoms with van der Waals surface area (Å²) in [7, 11) is 1.82. The van der Waals surface area contributed by atoms with Gasteiger partial charge in [0.1, 0.15) is 6.07 Å². The molecule has 2 rings (SSSR count). The second-order valence-electron chi connectivity index (χ2n) is 5.39. The molecule has 2 atom stereocenters. The molecule has 1 heterocycles. The van der Waals surface area contributed by atoms with E-state index in [1.807, 2.05) is 18.0 Å². The van der Waals surface area contributed by atoms with Crippen molar-refractivity contribution in [3.63, 3.8) is 0 Å². The van der Waals surface area contributed by atoms with Crippen molar-refractivity contribution in [2.45, 2.75) is 31.7 Å². The van der Waals surface area contributed by atoms with Gasteiger partial charge in [-0.25, -0.2) is 4.98 Å². The molecule has 7 heteroatoms. The van der Waals surface area contributed by atoms with E-state index < -0.39 is 4.92 Å². The molecule has 0 amide bonds. The second kappa shape index (κ2) is 6.50. The molecule has 1 fully saturated rings. The maximum atomic E-state index is 11.2. The third-order valence-corrected chi connectivity index (χ3v) is 4.18. The summed E-state index contributed by atoms with van der Waals surface area (Å²) in [4.78, 5) is 16.7. The normalized spacial score (nSPS) is 21.6. The maximum Gasteiger partial charge on any atom is 0.312 e. The van der Waals surface area contributed by atoms with Crippen molar-refractivity contribution >= 4 is 11.5 Å². The van der Waals surface area contributed by atoms with Crippen LogP contribution in [0.5, 0.6) is 0 Å². The first-order valence-electron chi connectivity index (χ1n) is 7.06. The van der Waals surface area contributed by atoms with Gasteiger partial charge in [-0.15, -0.1) is 0 Å². The molecule has 2 unspecified atom stereocenters. The molecule has 2 N–H and O–H groups in total. The predicted molar refractivity (Wildman–Crippen MR) is 78.8 cm³/mol. The Morgan fingerprint density at radius 2 is 2.29 bits per heavy atom. The van der Waals surface area contributed by atoms with Crippen LogP contribution >= 0.6 is 0 Å². The fraction of sp³-hybridized carbons (Fsp3) is 0.571. The van der Waals surface area contributed by atoms with Gasteiger partial charge in [0.25, 0.3) is 0 Å². The Balaban J connectivity index is 2.36. The summed E-state index contributed by atoms with van der Waals surface area (Å²) >= 11 is 0. The number of nitrogens with zero attached hydrogens (tertiary/aromatic N) is 4. The first kappa shape index (κ1) is 15.2. The van der Waals surface area contributed by atoms with Crippen molar-refractivity contribution < 1.29 is 4.92 Å². The molecular formula is C14H19N5O2. The van der Waals surface area contributed by atoms with E-state index in [0.29, 0.717) is 18.3 Å². The molecule has 1 saturated carbocycles.